The van der Waals surface area contributed by atoms with Crippen molar-refractivity contribution < 1.29 is 23.1 Å². The Hall–Kier alpha value is -0.820. The van der Waals surface area contributed by atoms with Crippen LogP contribution in [0.3, 0.4) is 0 Å². The van der Waals surface area contributed by atoms with Gasteiger partial charge in [0.25, 0.3) is 0 Å². The highest BCUT2D eigenvalue weighted by molar-refractivity contribution is 5.78. The molecule has 1 fully saturated rings. The topological polar surface area (TPSA) is 61.4 Å². The van der Waals surface area contributed by atoms with Gasteiger partial charge in [0.1, 0.15) is 0 Å². The van der Waals surface area contributed by atoms with Crippen LogP contribution in [-0.4, -0.2) is 42.4 Å². The number of hydrogen-bond acceptors (Lipinski definition) is 3. The van der Waals surface area contributed by atoms with Crippen LogP contribution in [0.1, 0.15) is 12.8 Å². The molecule has 7 heteroatoms. The van der Waals surface area contributed by atoms with Crippen molar-refractivity contribution in [3.8, 4) is 0 Å². The molecule has 0 radical (unpaired) electrons. The standard InChI is InChI=1S/C8H13F3N2O2/c9-8(10,11)4-12-3-7(15)13-5-1-6(14)2-5/h5-6,12,14H,1-4H2,(H,13,15). The Morgan fingerprint density at radius 1 is 1.40 bits per heavy atom. The first-order chi connectivity index (χ1) is 6.87. The number of carbonyl (C=O) groups excluding carboxylic acids is 1. The van der Waals surface area contributed by atoms with Crippen LogP contribution in [0.5, 0.6) is 0 Å². The molecule has 1 amide bonds. The normalized spacial score (nSPS) is 25.9. The molecule has 0 bridgehead atoms. The van der Waals surface area contributed by atoms with E-state index in [0.29, 0.717) is 12.8 Å². The summed E-state index contributed by atoms with van der Waals surface area (Å²) >= 11 is 0. The maximum absolute atomic E-state index is 11.7. The highest BCUT2D eigenvalue weighted by Gasteiger charge is 2.29. The number of alkyl halides is 3. The molecule has 0 heterocycles. The van der Waals surface area contributed by atoms with Crippen LogP contribution >= 0.6 is 0 Å². The first-order valence-electron chi connectivity index (χ1n) is 4.62. The number of aliphatic hydroxyl groups is 1. The SMILES string of the molecule is O=C(CNCC(F)(F)F)NC1CC(O)C1. The second kappa shape index (κ2) is 4.80. The zero-order valence-electron chi connectivity index (χ0n) is 7.97. The summed E-state index contributed by atoms with van der Waals surface area (Å²) in [6, 6.07) is -0.0970. The zero-order chi connectivity index (χ0) is 11.5. The van der Waals surface area contributed by atoms with E-state index in [1.54, 1.807) is 0 Å². The first-order valence-corrected chi connectivity index (χ1v) is 4.62. The lowest BCUT2D eigenvalue weighted by molar-refractivity contribution is -0.129. The van der Waals surface area contributed by atoms with Crippen LogP contribution in [0.15, 0.2) is 0 Å². The van der Waals surface area contributed by atoms with Gasteiger partial charge in [-0.15, -0.1) is 0 Å². The molecule has 0 saturated heterocycles. The third-order valence-electron chi connectivity index (χ3n) is 2.09. The Morgan fingerprint density at radius 3 is 2.47 bits per heavy atom. The molecule has 1 aliphatic rings. The number of amides is 1. The van der Waals surface area contributed by atoms with Crippen molar-refractivity contribution in [2.75, 3.05) is 13.1 Å². The summed E-state index contributed by atoms with van der Waals surface area (Å²) in [6.07, 6.45) is -3.73. The van der Waals surface area contributed by atoms with Gasteiger partial charge in [-0.1, -0.05) is 0 Å². The molecule has 15 heavy (non-hydrogen) atoms. The third kappa shape index (κ3) is 4.98. The Balaban J connectivity index is 2.04. The second-order valence-corrected chi connectivity index (χ2v) is 3.61. The highest BCUT2D eigenvalue weighted by Crippen LogP contribution is 2.18. The van der Waals surface area contributed by atoms with Crippen molar-refractivity contribution >= 4 is 5.91 Å². The molecule has 0 atom stereocenters. The summed E-state index contributed by atoms with van der Waals surface area (Å²) in [6.45, 7) is -1.53. The third-order valence-corrected chi connectivity index (χ3v) is 2.09. The lowest BCUT2D eigenvalue weighted by Gasteiger charge is -2.31. The fraction of sp³-hybridized carbons (Fsp3) is 0.875. The van der Waals surface area contributed by atoms with E-state index in [1.165, 1.54) is 0 Å². The summed E-state index contributed by atoms with van der Waals surface area (Å²) in [7, 11) is 0. The van der Waals surface area contributed by atoms with Gasteiger partial charge in [0.15, 0.2) is 0 Å². The van der Waals surface area contributed by atoms with Crippen molar-refractivity contribution in [2.24, 2.45) is 0 Å². The number of rotatable bonds is 4. The van der Waals surface area contributed by atoms with Gasteiger partial charge in [0, 0.05) is 6.04 Å². The van der Waals surface area contributed by atoms with Gasteiger partial charge in [0.05, 0.1) is 19.2 Å². The maximum atomic E-state index is 11.7. The molecule has 4 nitrogen and oxygen atoms in total. The molecular formula is C8H13F3N2O2. The highest BCUT2D eigenvalue weighted by atomic mass is 19.4. The molecule has 3 N–H and O–H groups in total. The van der Waals surface area contributed by atoms with Crippen LogP contribution < -0.4 is 10.6 Å². The van der Waals surface area contributed by atoms with E-state index in [0.717, 1.165) is 0 Å². The fourth-order valence-electron chi connectivity index (χ4n) is 1.30. The van der Waals surface area contributed by atoms with E-state index in [-0.39, 0.29) is 12.6 Å². The van der Waals surface area contributed by atoms with Gasteiger partial charge in [0.2, 0.25) is 5.91 Å². The first kappa shape index (κ1) is 12.3. The minimum Gasteiger partial charge on any atom is -0.393 e. The summed E-state index contributed by atoms with van der Waals surface area (Å²) in [5.74, 6) is -0.476. The summed E-state index contributed by atoms with van der Waals surface area (Å²) in [4.78, 5) is 11.0. The summed E-state index contributed by atoms with van der Waals surface area (Å²) < 4.78 is 35.0. The molecule has 1 aliphatic carbocycles. The predicted octanol–water partition coefficient (Wildman–Crippen LogP) is -0.222. The van der Waals surface area contributed by atoms with Crippen molar-refractivity contribution in [3.63, 3.8) is 0 Å². The Kier molecular flexibility index (Phi) is 3.92. The zero-order valence-corrected chi connectivity index (χ0v) is 7.97. The lowest BCUT2D eigenvalue weighted by Crippen LogP contribution is -2.49. The fourth-order valence-corrected chi connectivity index (χ4v) is 1.30. The Morgan fingerprint density at radius 2 is 2.00 bits per heavy atom. The minimum atomic E-state index is -4.30. The van der Waals surface area contributed by atoms with E-state index >= 15 is 0 Å². The number of aliphatic hydroxyl groups excluding tert-OH is 1. The van der Waals surface area contributed by atoms with E-state index in [1.807, 2.05) is 5.32 Å². The van der Waals surface area contributed by atoms with E-state index in [2.05, 4.69) is 5.32 Å². The largest absolute Gasteiger partial charge is 0.401 e. The maximum Gasteiger partial charge on any atom is 0.401 e. The molecule has 1 saturated carbocycles. The number of hydrogen-bond donors (Lipinski definition) is 3. The van der Waals surface area contributed by atoms with Gasteiger partial charge in [-0.25, -0.2) is 0 Å². The Bertz CT molecular complexity index is 226. The minimum absolute atomic E-state index is 0.0970. The van der Waals surface area contributed by atoms with Crippen LogP contribution in [0.2, 0.25) is 0 Å². The van der Waals surface area contributed by atoms with Gasteiger partial charge in [-0.3, -0.25) is 4.79 Å². The van der Waals surface area contributed by atoms with Crippen molar-refractivity contribution in [3.05, 3.63) is 0 Å². The van der Waals surface area contributed by atoms with E-state index in [4.69, 9.17) is 5.11 Å². The van der Waals surface area contributed by atoms with Crippen molar-refractivity contribution in [1.29, 1.82) is 0 Å². The van der Waals surface area contributed by atoms with Crippen LogP contribution in [0.25, 0.3) is 0 Å². The quantitative estimate of drug-likeness (QED) is 0.621. The molecule has 0 aromatic heterocycles. The molecule has 0 spiro atoms. The van der Waals surface area contributed by atoms with Gasteiger partial charge >= 0.3 is 6.18 Å². The van der Waals surface area contributed by atoms with Crippen LogP contribution in [0, 0.1) is 0 Å². The average Bonchev–Trinajstić information content (AvgIpc) is 1.98. The summed E-state index contributed by atoms with van der Waals surface area (Å²) in [5, 5.41) is 13.4. The predicted molar refractivity (Wildman–Crippen MR) is 46.1 cm³/mol. The molecule has 88 valence electrons. The van der Waals surface area contributed by atoms with Gasteiger partial charge < -0.3 is 15.7 Å². The number of nitrogens with one attached hydrogen (secondary N) is 2. The van der Waals surface area contributed by atoms with Crippen LogP contribution in [-0.2, 0) is 4.79 Å². The average molecular weight is 226 g/mol. The van der Waals surface area contributed by atoms with Gasteiger partial charge in [-0.2, -0.15) is 13.2 Å². The monoisotopic (exact) mass is 226 g/mol. The second-order valence-electron chi connectivity index (χ2n) is 3.61. The van der Waals surface area contributed by atoms with Crippen molar-refractivity contribution in [1.82, 2.24) is 10.6 Å². The summed E-state index contributed by atoms with van der Waals surface area (Å²) in [5.41, 5.74) is 0. The lowest BCUT2D eigenvalue weighted by atomic mass is 9.89. The molecular weight excluding hydrogens is 213 g/mol. The van der Waals surface area contributed by atoms with E-state index < -0.39 is 24.7 Å². The number of halogens is 3. The number of carbonyl (C=O) groups is 1. The van der Waals surface area contributed by atoms with Gasteiger partial charge in [-0.05, 0) is 12.8 Å². The van der Waals surface area contributed by atoms with Crippen LogP contribution in [0.4, 0.5) is 13.2 Å². The van der Waals surface area contributed by atoms with Crippen molar-refractivity contribution in [2.45, 2.75) is 31.2 Å². The smallest absolute Gasteiger partial charge is 0.393 e. The molecule has 1 rings (SSSR count). The molecule has 0 aliphatic heterocycles. The molecule has 0 aromatic rings. The molecule has 0 unspecified atom stereocenters. The Labute approximate surface area is 84.8 Å². The molecule has 0 aromatic carbocycles. The van der Waals surface area contributed by atoms with E-state index in [9.17, 15) is 18.0 Å².